The van der Waals surface area contributed by atoms with Gasteiger partial charge in [0.25, 0.3) is 0 Å². The molecule has 0 aliphatic rings. The van der Waals surface area contributed by atoms with Crippen LogP contribution in [0.3, 0.4) is 0 Å². The summed E-state index contributed by atoms with van der Waals surface area (Å²) in [5, 5.41) is 0.644. The van der Waals surface area contributed by atoms with Crippen LogP contribution in [0.2, 0.25) is 5.02 Å². The molecule has 2 aromatic rings. The van der Waals surface area contributed by atoms with Gasteiger partial charge in [-0.05, 0) is 56.2 Å². The molecule has 0 bridgehead atoms. The van der Waals surface area contributed by atoms with Gasteiger partial charge < -0.3 is 4.74 Å². The first-order valence-corrected chi connectivity index (χ1v) is 9.11. The highest BCUT2D eigenvalue weighted by Gasteiger charge is 2.16. The Hall–Kier alpha value is -1.56. The molecular weight excluding hydrogens is 334 g/mol. The Morgan fingerprint density at radius 3 is 2.43 bits per heavy atom. The van der Waals surface area contributed by atoms with Crippen molar-refractivity contribution < 1.29 is 13.2 Å². The fourth-order valence-electron chi connectivity index (χ4n) is 2.29. The highest BCUT2D eigenvalue weighted by molar-refractivity contribution is 7.89. The highest BCUT2D eigenvalue weighted by atomic mass is 35.5. The van der Waals surface area contributed by atoms with E-state index >= 15 is 0 Å². The molecule has 0 saturated heterocycles. The van der Waals surface area contributed by atoms with E-state index in [0.717, 1.165) is 16.7 Å². The Balaban J connectivity index is 1.95. The molecule has 0 atom stereocenters. The zero-order chi connectivity index (χ0) is 17.0. The lowest BCUT2D eigenvalue weighted by Crippen LogP contribution is -2.28. The topological polar surface area (TPSA) is 55.4 Å². The number of sulfonamides is 1. The molecule has 0 aliphatic carbocycles. The lowest BCUT2D eigenvalue weighted by molar-refractivity contribution is 0.320. The van der Waals surface area contributed by atoms with E-state index in [-0.39, 0.29) is 13.2 Å². The van der Waals surface area contributed by atoms with Gasteiger partial charge in [-0.2, -0.15) is 0 Å². The van der Waals surface area contributed by atoms with Crippen molar-refractivity contribution in [3.05, 3.63) is 58.1 Å². The monoisotopic (exact) mass is 353 g/mol. The normalized spacial score (nSPS) is 11.5. The van der Waals surface area contributed by atoms with Crippen LogP contribution in [0.5, 0.6) is 5.75 Å². The maximum Gasteiger partial charge on any atom is 0.240 e. The summed E-state index contributed by atoms with van der Waals surface area (Å²) in [4.78, 5) is 0.297. The first-order valence-electron chi connectivity index (χ1n) is 7.25. The number of hydrogen-bond donors (Lipinski definition) is 1. The smallest absolute Gasteiger partial charge is 0.240 e. The maximum atomic E-state index is 12.3. The summed E-state index contributed by atoms with van der Waals surface area (Å²) in [7, 11) is -3.53. The van der Waals surface area contributed by atoms with Crippen molar-refractivity contribution in [3.63, 3.8) is 0 Å². The summed E-state index contributed by atoms with van der Waals surface area (Å²) in [5.41, 5.74) is 2.67. The van der Waals surface area contributed by atoms with Gasteiger partial charge in [0.15, 0.2) is 0 Å². The summed E-state index contributed by atoms with van der Waals surface area (Å²) in [6.45, 7) is 6.04. The molecule has 0 saturated carbocycles. The number of halogens is 1. The highest BCUT2D eigenvalue weighted by Crippen LogP contribution is 2.21. The van der Waals surface area contributed by atoms with Crippen molar-refractivity contribution in [1.29, 1.82) is 0 Å². The zero-order valence-corrected chi connectivity index (χ0v) is 15.0. The average Bonchev–Trinajstić information content (AvgIpc) is 2.45. The maximum absolute atomic E-state index is 12.3. The SMILES string of the molecule is Cc1ccc(S(=O)(=O)NCCOc2ccc(Cl)cc2C)c(C)c1. The van der Waals surface area contributed by atoms with Gasteiger partial charge >= 0.3 is 0 Å². The molecule has 1 N–H and O–H groups in total. The molecule has 2 rings (SSSR count). The molecule has 124 valence electrons. The number of aryl methyl sites for hydroxylation is 3. The van der Waals surface area contributed by atoms with Crippen molar-refractivity contribution in [2.24, 2.45) is 0 Å². The van der Waals surface area contributed by atoms with E-state index in [1.807, 2.05) is 19.9 Å². The third kappa shape index (κ3) is 4.70. The zero-order valence-electron chi connectivity index (χ0n) is 13.4. The molecule has 0 spiro atoms. The molecule has 0 aromatic heterocycles. The molecule has 2 aromatic carbocycles. The molecule has 6 heteroatoms. The van der Waals surface area contributed by atoms with Crippen LogP contribution < -0.4 is 9.46 Å². The fourth-order valence-corrected chi connectivity index (χ4v) is 3.75. The Morgan fingerprint density at radius 2 is 1.78 bits per heavy atom. The molecule has 23 heavy (non-hydrogen) atoms. The molecule has 0 amide bonds. The molecule has 0 radical (unpaired) electrons. The van der Waals surface area contributed by atoms with E-state index in [0.29, 0.717) is 15.7 Å². The molecule has 0 unspecified atom stereocenters. The van der Waals surface area contributed by atoms with Crippen LogP contribution in [0.15, 0.2) is 41.3 Å². The van der Waals surface area contributed by atoms with Gasteiger partial charge in [-0.15, -0.1) is 0 Å². The van der Waals surface area contributed by atoms with Crippen LogP contribution in [0, 0.1) is 20.8 Å². The number of rotatable bonds is 6. The first-order chi connectivity index (χ1) is 10.8. The molecule has 0 heterocycles. The Labute approximate surface area is 142 Å². The van der Waals surface area contributed by atoms with Crippen molar-refractivity contribution >= 4 is 21.6 Å². The van der Waals surface area contributed by atoms with Crippen molar-refractivity contribution in [2.75, 3.05) is 13.2 Å². The van der Waals surface area contributed by atoms with Gasteiger partial charge in [0.2, 0.25) is 10.0 Å². The van der Waals surface area contributed by atoms with E-state index in [4.69, 9.17) is 16.3 Å². The predicted molar refractivity (Wildman–Crippen MR) is 92.8 cm³/mol. The van der Waals surface area contributed by atoms with Gasteiger partial charge in [-0.3, -0.25) is 0 Å². The minimum atomic E-state index is -3.53. The largest absolute Gasteiger partial charge is 0.492 e. The molecule has 0 aliphatic heterocycles. The van der Waals surface area contributed by atoms with Crippen LogP contribution in [0.4, 0.5) is 0 Å². The lowest BCUT2D eigenvalue weighted by atomic mass is 10.2. The lowest BCUT2D eigenvalue weighted by Gasteiger charge is -2.12. The average molecular weight is 354 g/mol. The van der Waals surface area contributed by atoms with E-state index < -0.39 is 10.0 Å². The predicted octanol–water partition coefficient (Wildman–Crippen LogP) is 3.62. The van der Waals surface area contributed by atoms with Crippen molar-refractivity contribution in [3.8, 4) is 5.75 Å². The van der Waals surface area contributed by atoms with Crippen LogP contribution in [-0.4, -0.2) is 21.6 Å². The Kier molecular flexibility index (Phi) is 5.68. The third-order valence-corrected chi connectivity index (χ3v) is 5.26. The van der Waals surface area contributed by atoms with Gasteiger partial charge in [0.05, 0.1) is 4.90 Å². The van der Waals surface area contributed by atoms with E-state index in [9.17, 15) is 8.42 Å². The Morgan fingerprint density at radius 1 is 1.04 bits per heavy atom. The van der Waals surface area contributed by atoms with Crippen molar-refractivity contribution in [2.45, 2.75) is 25.7 Å². The summed E-state index contributed by atoms with van der Waals surface area (Å²) in [6, 6.07) is 10.6. The van der Waals surface area contributed by atoms with E-state index in [2.05, 4.69) is 4.72 Å². The van der Waals surface area contributed by atoms with Crippen LogP contribution in [0.1, 0.15) is 16.7 Å². The summed E-state index contributed by atoms with van der Waals surface area (Å²) in [5.74, 6) is 0.695. The van der Waals surface area contributed by atoms with E-state index in [1.54, 1.807) is 37.3 Å². The van der Waals surface area contributed by atoms with E-state index in [1.165, 1.54) is 0 Å². The second-order valence-corrected chi connectivity index (χ2v) is 7.60. The van der Waals surface area contributed by atoms with Gasteiger partial charge in [0.1, 0.15) is 12.4 Å². The van der Waals surface area contributed by atoms with Crippen LogP contribution in [-0.2, 0) is 10.0 Å². The second-order valence-electron chi connectivity index (χ2n) is 5.43. The number of benzene rings is 2. The third-order valence-electron chi connectivity index (χ3n) is 3.41. The van der Waals surface area contributed by atoms with Crippen LogP contribution in [0.25, 0.3) is 0 Å². The van der Waals surface area contributed by atoms with Gasteiger partial charge in [-0.25, -0.2) is 13.1 Å². The van der Waals surface area contributed by atoms with Gasteiger partial charge in [-0.1, -0.05) is 29.3 Å². The molecule has 4 nitrogen and oxygen atoms in total. The standard InChI is InChI=1S/C17H20ClNO3S/c1-12-4-7-17(14(3)10-12)23(20,21)19-8-9-22-16-6-5-15(18)11-13(16)2/h4-7,10-11,19H,8-9H2,1-3H3. The summed E-state index contributed by atoms with van der Waals surface area (Å²) in [6.07, 6.45) is 0. The summed E-state index contributed by atoms with van der Waals surface area (Å²) < 4.78 is 32.8. The fraction of sp³-hybridized carbons (Fsp3) is 0.294. The second kappa shape index (κ2) is 7.34. The van der Waals surface area contributed by atoms with Gasteiger partial charge in [0, 0.05) is 11.6 Å². The number of hydrogen-bond acceptors (Lipinski definition) is 3. The minimum absolute atomic E-state index is 0.192. The summed E-state index contributed by atoms with van der Waals surface area (Å²) >= 11 is 5.88. The Bertz CT molecular complexity index is 803. The quantitative estimate of drug-likeness (QED) is 0.807. The number of nitrogens with one attached hydrogen (secondary N) is 1. The molecular formula is C17H20ClNO3S. The van der Waals surface area contributed by atoms with Crippen LogP contribution >= 0.6 is 11.6 Å². The molecule has 0 fully saturated rings. The number of ether oxygens (including phenoxy) is 1. The first kappa shape index (κ1) is 17.8. The minimum Gasteiger partial charge on any atom is -0.492 e. The van der Waals surface area contributed by atoms with Crippen molar-refractivity contribution in [1.82, 2.24) is 4.72 Å².